The van der Waals surface area contributed by atoms with Crippen LogP contribution in [0.3, 0.4) is 0 Å². The highest BCUT2D eigenvalue weighted by Gasteiger charge is 2.19. The van der Waals surface area contributed by atoms with Gasteiger partial charge in [-0.1, -0.05) is 19.8 Å². The number of hydrogen-bond acceptors (Lipinski definition) is 3. The van der Waals surface area contributed by atoms with E-state index >= 15 is 0 Å². The molecule has 108 valence electrons. The third-order valence-corrected chi connectivity index (χ3v) is 4.08. The minimum Gasteiger partial charge on any atom is -0.383 e. The molecular formula is C15H27N3O. The fraction of sp³-hybridized carbons (Fsp3) is 0.800. The van der Waals surface area contributed by atoms with Crippen molar-refractivity contribution in [1.29, 1.82) is 0 Å². The molecule has 0 amide bonds. The second kappa shape index (κ2) is 6.94. The quantitative estimate of drug-likeness (QED) is 0.803. The van der Waals surface area contributed by atoms with Crippen LogP contribution in [0, 0.1) is 18.8 Å². The van der Waals surface area contributed by atoms with E-state index in [2.05, 4.69) is 34.9 Å². The molecule has 1 aliphatic rings. The Kier molecular flexibility index (Phi) is 5.25. The average molecular weight is 265 g/mol. The monoisotopic (exact) mass is 265 g/mol. The summed E-state index contributed by atoms with van der Waals surface area (Å²) >= 11 is 0. The molecule has 0 radical (unpaired) electrons. The van der Waals surface area contributed by atoms with Gasteiger partial charge in [-0.3, -0.25) is 0 Å². The number of aromatic nitrogens is 2. The van der Waals surface area contributed by atoms with Crippen molar-refractivity contribution in [2.75, 3.05) is 25.6 Å². The summed E-state index contributed by atoms with van der Waals surface area (Å²) in [5.41, 5.74) is 1.09. The highest BCUT2D eigenvalue weighted by atomic mass is 16.5. The lowest BCUT2D eigenvalue weighted by atomic mass is 9.83. The summed E-state index contributed by atoms with van der Waals surface area (Å²) in [4.78, 5) is 4.56. The van der Waals surface area contributed by atoms with E-state index in [-0.39, 0.29) is 0 Å². The van der Waals surface area contributed by atoms with Gasteiger partial charge in [0.25, 0.3) is 0 Å². The van der Waals surface area contributed by atoms with Gasteiger partial charge >= 0.3 is 0 Å². The summed E-state index contributed by atoms with van der Waals surface area (Å²) in [6.45, 7) is 7.06. The van der Waals surface area contributed by atoms with Crippen LogP contribution in [0.2, 0.25) is 0 Å². The maximum absolute atomic E-state index is 5.07. The molecule has 1 fully saturated rings. The molecule has 1 aliphatic carbocycles. The molecule has 0 saturated heterocycles. The fourth-order valence-electron chi connectivity index (χ4n) is 2.88. The van der Waals surface area contributed by atoms with Crippen molar-refractivity contribution >= 4 is 5.95 Å². The van der Waals surface area contributed by atoms with Gasteiger partial charge in [0, 0.05) is 26.4 Å². The molecule has 0 unspecified atom stereocenters. The van der Waals surface area contributed by atoms with Crippen molar-refractivity contribution < 1.29 is 4.74 Å². The zero-order valence-corrected chi connectivity index (χ0v) is 12.5. The number of hydrogen-bond donors (Lipinski definition) is 1. The summed E-state index contributed by atoms with van der Waals surface area (Å²) in [5, 5.41) is 3.36. The molecule has 19 heavy (non-hydrogen) atoms. The Morgan fingerprint density at radius 1 is 1.37 bits per heavy atom. The number of anilines is 1. The van der Waals surface area contributed by atoms with E-state index in [9.17, 15) is 0 Å². The Balaban J connectivity index is 1.91. The molecule has 1 saturated carbocycles. The van der Waals surface area contributed by atoms with Gasteiger partial charge < -0.3 is 14.6 Å². The van der Waals surface area contributed by atoms with Gasteiger partial charge in [-0.25, -0.2) is 4.98 Å². The van der Waals surface area contributed by atoms with Crippen LogP contribution in [-0.4, -0.2) is 29.8 Å². The third-order valence-electron chi connectivity index (χ3n) is 4.08. The first-order valence-corrected chi connectivity index (χ1v) is 7.45. The van der Waals surface area contributed by atoms with Crippen LogP contribution in [0.4, 0.5) is 5.95 Å². The van der Waals surface area contributed by atoms with Gasteiger partial charge in [0.05, 0.1) is 12.3 Å². The Labute approximate surface area is 116 Å². The smallest absolute Gasteiger partial charge is 0.203 e. The molecule has 1 heterocycles. The van der Waals surface area contributed by atoms with Gasteiger partial charge in [0.1, 0.15) is 0 Å². The largest absolute Gasteiger partial charge is 0.383 e. The number of imidazole rings is 1. The lowest BCUT2D eigenvalue weighted by Crippen LogP contribution is -2.19. The van der Waals surface area contributed by atoms with Gasteiger partial charge in [-0.15, -0.1) is 0 Å². The number of nitrogens with zero attached hydrogens (tertiary/aromatic N) is 2. The van der Waals surface area contributed by atoms with Gasteiger partial charge in [-0.05, 0) is 31.6 Å². The van der Waals surface area contributed by atoms with Crippen molar-refractivity contribution in [1.82, 2.24) is 9.55 Å². The van der Waals surface area contributed by atoms with Crippen LogP contribution < -0.4 is 5.32 Å². The molecule has 0 spiro atoms. The Hall–Kier alpha value is -1.03. The minimum absolute atomic E-state index is 0.715. The Morgan fingerprint density at radius 3 is 2.79 bits per heavy atom. The maximum Gasteiger partial charge on any atom is 0.203 e. The highest BCUT2D eigenvalue weighted by Crippen LogP contribution is 2.30. The molecule has 4 nitrogen and oxygen atoms in total. The van der Waals surface area contributed by atoms with Crippen LogP contribution in [0.5, 0.6) is 0 Å². The first-order valence-electron chi connectivity index (χ1n) is 7.45. The van der Waals surface area contributed by atoms with Crippen LogP contribution >= 0.6 is 0 Å². The lowest BCUT2D eigenvalue weighted by molar-refractivity contribution is 0.210. The number of rotatable bonds is 6. The Morgan fingerprint density at radius 2 is 2.11 bits per heavy atom. The standard InChI is InChI=1S/C15H27N3O/c1-12-4-6-14(7-5-12)11-18-10-13(2)17-15(18)16-8-9-19-3/h10,12,14H,4-9,11H2,1-3H3,(H,16,17). The summed E-state index contributed by atoms with van der Waals surface area (Å²) in [6.07, 6.45) is 7.63. The topological polar surface area (TPSA) is 39.1 Å². The lowest BCUT2D eigenvalue weighted by Gasteiger charge is -2.26. The van der Waals surface area contributed by atoms with Gasteiger partial charge in [0.15, 0.2) is 0 Å². The first kappa shape index (κ1) is 14.4. The van der Waals surface area contributed by atoms with E-state index in [0.717, 1.165) is 36.6 Å². The maximum atomic E-state index is 5.07. The summed E-state index contributed by atoms with van der Waals surface area (Å²) < 4.78 is 7.36. The number of aryl methyl sites for hydroxylation is 1. The zero-order chi connectivity index (χ0) is 13.7. The average Bonchev–Trinajstić information content (AvgIpc) is 2.73. The van der Waals surface area contributed by atoms with Crippen molar-refractivity contribution in [2.24, 2.45) is 11.8 Å². The normalized spacial score (nSPS) is 23.5. The molecular weight excluding hydrogens is 238 g/mol. The second-order valence-electron chi connectivity index (χ2n) is 5.90. The van der Waals surface area contributed by atoms with Crippen molar-refractivity contribution in [2.45, 2.75) is 46.1 Å². The van der Waals surface area contributed by atoms with Crippen molar-refractivity contribution in [3.05, 3.63) is 11.9 Å². The van der Waals surface area contributed by atoms with E-state index in [1.807, 2.05) is 0 Å². The molecule has 0 bridgehead atoms. The van der Waals surface area contributed by atoms with E-state index in [1.165, 1.54) is 25.7 Å². The molecule has 1 aromatic heterocycles. The van der Waals surface area contributed by atoms with Crippen LogP contribution in [-0.2, 0) is 11.3 Å². The van der Waals surface area contributed by atoms with E-state index in [4.69, 9.17) is 4.74 Å². The Bertz CT molecular complexity index is 381. The molecule has 4 heteroatoms. The van der Waals surface area contributed by atoms with Gasteiger partial charge in [-0.2, -0.15) is 0 Å². The number of nitrogens with one attached hydrogen (secondary N) is 1. The number of ether oxygens (including phenoxy) is 1. The molecule has 0 aliphatic heterocycles. The summed E-state index contributed by atoms with van der Waals surface area (Å²) in [5.74, 6) is 2.72. The fourth-order valence-corrected chi connectivity index (χ4v) is 2.88. The highest BCUT2D eigenvalue weighted by molar-refractivity contribution is 5.28. The second-order valence-corrected chi connectivity index (χ2v) is 5.90. The molecule has 1 aromatic rings. The van der Waals surface area contributed by atoms with E-state index < -0.39 is 0 Å². The van der Waals surface area contributed by atoms with Crippen molar-refractivity contribution in [3.8, 4) is 0 Å². The molecule has 2 rings (SSSR count). The first-order chi connectivity index (χ1) is 9.19. The molecule has 0 atom stereocenters. The summed E-state index contributed by atoms with van der Waals surface area (Å²) in [7, 11) is 1.72. The van der Waals surface area contributed by atoms with Crippen LogP contribution in [0.15, 0.2) is 6.20 Å². The SMILES string of the molecule is COCCNc1nc(C)cn1CC1CCC(C)CC1. The van der Waals surface area contributed by atoms with Crippen LogP contribution in [0.25, 0.3) is 0 Å². The van der Waals surface area contributed by atoms with E-state index in [0.29, 0.717) is 6.61 Å². The predicted octanol–water partition coefficient (Wildman–Crippen LogP) is 3.08. The van der Waals surface area contributed by atoms with E-state index in [1.54, 1.807) is 7.11 Å². The number of methoxy groups -OCH3 is 1. The minimum atomic E-state index is 0.715. The van der Waals surface area contributed by atoms with Gasteiger partial charge in [0.2, 0.25) is 5.95 Å². The third kappa shape index (κ3) is 4.23. The molecule has 0 aromatic carbocycles. The van der Waals surface area contributed by atoms with Crippen LogP contribution in [0.1, 0.15) is 38.3 Å². The predicted molar refractivity (Wildman–Crippen MR) is 78.5 cm³/mol. The summed E-state index contributed by atoms with van der Waals surface area (Å²) in [6, 6.07) is 0. The van der Waals surface area contributed by atoms with Crippen molar-refractivity contribution in [3.63, 3.8) is 0 Å². The molecule has 1 N–H and O–H groups in total. The zero-order valence-electron chi connectivity index (χ0n) is 12.5.